The molecular formula is C20H33N3O4. The standard InChI is InChI=1S/C20H33N3O4/c1-3-4-5-6-11-22-15-20(27-19(22)26)9-13-21(14-10-20)18(25)16(2)23-12-7-8-17(23)24/h16H,3-15H2,1-2H3. The molecule has 1 unspecified atom stereocenters. The monoisotopic (exact) mass is 379 g/mol. The lowest BCUT2D eigenvalue weighted by Crippen LogP contribution is -2.53. The van der Waals surface area contributed by atoms with Crippen LogP contribution in [0, 0.1) is 0 Å². The van der Waals surface area contributed by atoms with Gasteiger partial charge < -0.3 is 19.4 Å². The number of carbonyl (C=O) groups excluding carboxylic acids is 3. The molecule has 3 fully saturated rings. The van der Waals surface area contributed by atoms with E-state index in [2.05, 4.69) is 6.92 Å². The van der Waals surface area contributed by atoms with Crippen LogP contribution in [0.3, 0.4) is 0 Å². The molecule has 3 amide bonds. The summed E-state index contributed by atoms with van der Waals surface area (Å²) >= 11 is 0. The first kappa shape index (κ1) is 20.0. The number of unbranched alkanes of at least 4 members (excludes halogenated alkanes) is 3. The zero-order valence-electron chi connectivity index (χ0n) is 16.7. The molecule has 3 aliphatic heterocycles. The molecule has 0 bridgehead atoms. The van der Waals surface area contributed by atoms with Crippen LogP contribution < -0.4 is 0 Å². The Morgan fingerprint density at radius 3 is 2.52 bits per heavy atom. The zero-order valence-corrected chi connectivity index (χ0v) is 16.7. The lowest BCUT2D eigenvalue weighted by Gasteiger charge is -2.39. The van der Waals surface area contributed by atoms with E-state index in [1.165, 1.54) is 12.8 Å². The fourth-order valence-corrected chi connectivity index (χ4v) is 4.47. The van der Waals surface area contributed by atoms with Gasteiger partial charge in [-0.3, -0.25) is 9.59 Å². The number of rotatable bonds is 7. The summed E-state index contributed by atoms with van der Waals surface area (Å²) in [4.78, 5) is 42.3. The average Bonchev–Trinajstić information content (AvgIpc) is 3.21. The van der Waals surface area contributed by atoms with E-state index in [4.69, 9.17) is 4.74 Å². The van der Waals surface area contributed by atoms with Crippen LogP contribution in [0.4, 0.5) is 4.79 Å². The fraction of sp³-hybridized carbons (Fsp3) is 0.850. The molecule has 0 radical (unpaired) electrons. The molecule has 0 N–H and O–H groups in total. The maximum absolute atomic E-state index is 12.8. The maximum atomic E-state index is 12.8. The summed E-state index contributed by atoms with van der Waals surface area (Å²) in [6, 6.07) is -0.393. The van der Waals surface area contributed by atoms with Crippen molar-refractivity contribution in [2.24, 2.45) is 0 Å². The van der Waals surface area contributed by atoms with Gasteiger partial charge >= 0.3 is 6.09 Å². The lowest BCUT2D eigenvalue weighted by atomic mass is 9.91. The molecule has 7 nitrogen and oxygen atoms in total. The van der Waals surface area contributed by atoms with Crippen LogP contribution >= 0.6 is 0 Å². The van der Waals surface area contributed by atoms with Crippen LogP contribution in [-0.2, 0) is 14.3 Å². The summed E-state index contributed by atoms with van der Waals surface area (Å²) in [7, 11) is 0. The average molecular weight is 380 g/mol. The molecule has 0 saturated carbocycles. The summed E-state index contributed by atoms with van der Waals surface area (Å²) in [6.45, 7) is 7.24. The summed E-state index contributed by atoms with van der Waals surface area (Å²) in [5.41, 5.74) is -0.439. The minimum absolute atomic E-state index is 0.0147. The Morgan fingerprint density at radius 2 is 1.89 bits per heavy atom. The lowest BCUT2D eigenvalue weighted by molar-refractivity contribution is -0.145. The molecule has 3 heterocycles. The number of nitrogens with zero attached hydrogens (tertiary/aromatic N) is 3. The molecule has 0 aliphatic carbocycles. The Labute approximate surface area is 162 Å². The molecule has 3 saturated heterocycles. The number of likely N-dealkylation sites (tertiary alicyclic amines) is 2. The molecular weight excluding hydrogens is 346 g/mol. The second-order valence-electron chi connectivity index (χ2n) is 8.23. The molecule has 0 aromatic rings. The van der Waals surface area contributed by atoms with Crippen molar-refractivity contribution in [1.29, 1.82) is 0 Å². The minimum Gasteiger partial charge on any atom is -0.441 e. The topological polar surface area (TPSA) is 70.2 Å². The van der Waals surface area contributed by atoms with Gasteiger partial charge in [0.05, 0.1) is 6.54 Å². The van der Waals surface area contributed by atoms with Crippen LogP contribution in [0.1, 0.15) is 65.2 Å². The van der Waals surface area contributed by atoms with E-state index in [0.29, 0.717) is 45.4 Å². The van der Waals surface area contributed by atoms with Gasteiger partial charge in [0.1, 0.15) is 11.6 Å². The largest absolute Gasteiger partial charge is 0.441 e. The van der Waals surface area contributed by atoms with Gasteiger partial charge in [0.15, 0.2) is 0 Å². The third-order valence-electron chi connectivity index (χ3n) is 6.24. The highest BCUT2D eigenvalue weighted by Gasteiger charge is 2.47. The highest BCUT2D eigenvalue weighted by Crippen LogP contribution is 2.34. The third-order valence-corrected chi connectivity index (χ3v) is 6.24. The molecule has 3 aliphatic rings. The van der Waals surface area contributed by atoms with Crippen molar-refractivity contribution in [3.8, 4) is 0 Å². The minimum atomic E-state index is -0.439. The quantitative estimate of drug-likeness (QED) is 0.637. The Balaban J connectivity index is 1.49. The molecule has 7 heteroatoms. The van der Waals surface area contributed by atoms with Crippen molar-refractivity contribution in [2.45, 2.75) is 76.9 Å². The number of amides is 3. The van der Waals surface area contributed by atoms with E-state index in [0.717, 1.165) is 25.8 Å². The summed E-state index contributed by atoms with van der Waals surface area (Å²) in [5.74, 6) is 0.0913. The van der Waals surface area contributed by atoms with Crippen LogP contribution in [0.15, 0.2) is 0 Å². The van der Waals surface area contributed by atoms with Crippen molar-refractivity contribution < 1.29 is 19.1 Å². The van der Waals surface area contributed by atoms with Crippen LogP contribution in [0.5, 0.6) is 0 Å². The van der Waals surface area contributed by atoms with E-state index in [-0.39, 0.29) is 17.9 Å². The van der Waals surface area contributed by atoms with E-state index in [1.54, 1.807) is 4.90 Å². The fourth-order valence-electron chi connectivity index (χ4n) is 4.47. The molecule has 1 spiro atoms. The second kappa shape index (κ2) is 8.48. The molecule has 0 aromatic heterocycles. The SMILES string of the molecule is CCCCCCN1CC2(CCN(C(=O)C(C)N3CCCC3=O)CC2)OC1=O. The van der Waals surface area contributed by atoms with Crippen molar-refractivity contribution in [3.63, 3.8) is 0 Å². The predicted octanol–water partition coefficient (Wildman–Crippen LogP) is 2.39. The molecule has 3 rings (SSSR count). The number of piperidine rings is 1. The van der Waals surface area contributed by atoms with E-state index >= 15 is 0 Å². The van der Waals surface area contributed by atoms with E-state index in [1.807, 2.05) is 16.7 Å². The summed E-state index contributed by atoms with van der Waals surface area (Å²) in [6.07, 6.45) is 7.07. The van der Waals surface area contributed by atoms with Crippen molar-refractivity contribution in [2.75, 3.05) is 32.7 Å². The van der Waals surface area contributed by atoms with Crippen molar-refractivity contribution in [1.82, 2.24) is 14.7 Å². The number of carbonyl (C=O) groups is 3. The maximum Gasteiger partial charge on any atom is 0.410 e. The smallest absolute Gasteiger partial charge is 0.410 e. The first-order valence-corrected chi connectivity index (χ1v) is 10.5. The van der Waals surface area contributed by atoms with Crippen molar-refractivity contribution >= 4 is 17.9 Å². The normalized spacial score (nSPS) is 23.3. The third kappa shape index (κ3) is 4.38. The Kier molecular flexibility index (Phi) is 6.27. The van der Waals surface area contributed by atoms with Gasteiger partial charge in [-0.2, -0.15) is 0 Å². The first-order valence-electron chi connectivity index (χ1n) is 10.5. The Morgan fingerprint density at radius 1 is 1.15 bits per heavy atom. The number of hydrogen-bond acceptors (Lipinski definition) is 4. The van der Waals surface area contributed by atoms with Crippen LogP contribution in [0.2, 0.25) is 0 Å². The zero-order chi connectivity index (χ0) is 19.4. The molecule has 152 valence electrons. The molecule has 27 heavy (non-hydrogen) atoms. The van der Waals surface area contributed by atoms with Crippen molar-refractivity contribution in [3.05, 3.63) is 0 Å². The first-order chi connectivity index (χ1) is 13.0. The highest BCUT2D eigenvalue weighted by molar-refractivity contribution is 5.88. The Bertz CT molecular complexity index is 572. The van der Waals surface area contributed by atoms with E-state index < -0.39 is 11.6 Å². The summed E-state index contributed by atoms with van der Waals surface area (Å²) in [5, 5.41) is 0. The van der Waals surface area contributed by atoms with Gasteiger partial charge in [-0.25, -0.2) is 4.79 Å². The van der Waals surface area contributed by atoms with Gasteiger partial charge in [0.2, 0.25) is 11.8 Å². The molecule has 1 atom stereocenters. The van der Waals surface area contributed by atoms with Gasteiger partial charge in [-0.15, -0.1) is 0 Å². The van der Waals surface area contributed by atoms with Gasteiger partial charge in [0.25, 0.3) is 0 Å². The Hall–Kier alpha value is -1.79. The van der Waals surface area contributed by atoms with Crippen LogP contribution in [-0.4, -0.2) is 77.0 Å². The van der Waals surface area contributed by atoms with Crippen LogP contribution in [0.25, 0.3) is 0 Å². The summed E-state index contributed by atoms with van der Waals surface area (Å²) < 4.78 is 5.75. The molecule has 0 aromatic carbocycles. The van der Waals surface area contributed by atoms with Gasteiger partial charge in [0, 0.05) is 45.4 Å². The van der Waals surface area contributed by atoms with Gasteiger partial charge in [-0.1, -0.05) is 26.2 Å². The second-order valence-corrected chi connectivity index (χ2v) is 8.23. The number of ether oxygens (including phenoxy) is 1. The predicted molar refractivity (Wildman–Crippen MR) is 101 cm³/mol. The van der Waals surface area contributed by atoms with E-state index in [9.17, 15) is 14.4 Å². The van der Waals surface area contributed by atoms with Gasteiger partial charge in [-0.05, 0) is 19.8 Å². The highest BCUT2D eigenvalue weighted by atomic mass is 16.6. The number of hydrogen-bond donors (Lipinski definition) is 0.